The van der Waals surface area contributed by atoms with Crippen LogP contribution in [0.2, 0.25) is 51.4 Å². The van der Waals surface area contributed by atoms with Gasteiger partial charge in [0, 0.05) is 57.0 Å². The molecule has 0 bridgehead atoms. The maximum Gasteiger partial charge on any atom is 0.407 e. The van der Waals surface area contributed by atoms with Crippen molar-refractivity contribution in [3.05, 3.63) is 212 Å². The number of methoxy groups -OCH3 is 5. The van der Waals surface area contributed by atoms with Crippen LogP contribution >= 0.6 is 27.3 Å². The first-order valence-corrected chi connectivity index (χ1v) is 52.0. The molecule has 43 heteroatoms. The molecule has 3 saturated heterocycles. The van der Waals surface area contributed by atoms with Crippen molar-refractivity contribution >= 4 is 150 Å². The fourth-order valence-electron chi connectivity index (χ4n) is 12.2. The number of aromatic nitrogens is 1. The number of halogens is 1. The van der Waals surface area contributed by atoms with Crippen LogP contribution in [0, 0.1) is 0 Å². The number of nitrogen functional groups attached to an aromatic ring is 1. The van der Waals surface area contributed by atoms with Gasteiger partial charge in [0.1, 0.15) is 30.3 Å². The summed E-state index contributed by atoms with van der Waals surface area (Å²) < 4.78 is 50.0. The number of thiazole rings is 1. The number of esters is 5. The van der Waals surface area contributed by atoms with Gasteiger partial charge in [-0.25, -0.2) is 67.5 Å². The molecule has 3 atom stereocenters. The Morgan fingerprint density at radius 1 is 0.431 bits per heavy atom. The number of hydrogen-bond donors (Lipinski definition) is 9. The molecule has 3 aliphatic heterocycles. The van der Waals surface area contributed by atoms with Crippen molar-refractivity contribution in [3.63, 3.8) is 0 Å². The number of urea groups is 3. The first kappa shape index (κ1) is 114. The van der Waals surface area contributed by atoms with Gasteiger partial charge in [0.15, 0.2) is 39.1 Å². The van der Waals surface area contributed by atoms with Crippen LogP contribution in [-0.2, 0) is 78.4 Å². The number of carbonyl (C=O) groups is 17. The molecule has 11 N–H and O–H groups in total. The van der Waals surface area contributed by atoms with Gasteiger partial charge in [0.05, 0.1) is 101 Å². The predicted molar refractivity (Wildman–Crippen MR) is 516 cm³/mol. The third kappa shape index (κ3) is 35.0. The number of anilines is 1. The third-order valence-electron chi connectivity index (χ3n) is 19.5. The van der Waals surface area contributed by atoms with Gasteiger partial charge >= 0.3 is 66.2 Å². The Kier molecular flexibility index (Phi) is 42.4. The lowest BCUT2D eigenvalue weighted by molar-refractivity contribution is -0.136. The molecule has 12 amide bonds. The van der Waals surface area contributed by atoms with Crippen molar-refractivity contribution < 1.29 is 129 Å². The highest BCUT2D eigenvalue weighted by molar-refractivity contribution is 9.09. The lowest BCUT2D eigenvalue weighted by atomic mass is 9.88. The summed E-state index contributed by atoms with van der Waals surface area (Å²) in [6.45, 7) is 30.1. The minimum absolute atomic E-state index is 0.0126. The van der Waals surface area contributed by atoms with Crippen molar-refractivity contribution in [2.24, 2.45) is 5.73 Å². The largest absolute Gasteiger partial charge is 0.465 e. The zero-order chi connectivity index (χ0) is 103. The van der Waals surface area contributed by atoms with Crippen molar-refractivity contribution in [1.29, 1.82) is 0 Å². The summed E-state index contributed by atoms with van der Waals surface area (Å²) in [7, 11) is 3.80. The number of nitrogens with one attached hydrogen (secondary N) is 7. The average molecular weight is 2020 g/mol. The van der Waals surface area contributed by atoms with E-state index < -0.39 is 134 Å². The van der Waals surface area contributed by atoms with Crippen LogP contribution in [0.15, 0.2) is 151 Å². The van der Waals surface area contributed by atoms with Crippen molar-refractivity contribution in [3.8, 4) is 11.3 Å². The molecular formula is C94H121BrN12O27SSi2. The van der Waals surface area contributed by atoms with Gasteiger partial charge in [-0.2, -0.15) is 0 Å². The van der Waals surface area contributed by atoms with Crippen LogP contribution in [0.25, 0.3) is 11.3 Å². The van der Waals surface area contributed by atoms with E-state index in [1.165, 1.54) is 114 Å². The fourth-order valence-corrected chi connectivity index (χ4v) is 14.6. The van der Waals surface area contributed by atoms with Crippen LogP contribution in [0.5, 0.6) is 0 Å². The maximum absolute atomic E-state index is 13.6. The Labute approximate surface area is 808 Å². The second kappa shape index (κ2) is 50.9. The smallest absolute Gasteiger partial charge is 0.407 e. The minimum Gasteiger partial charge on any atom is -0.465 e. The molecule has 1 aromatic heterocycles. The molecule has 39 nitrogen and oxygen atoms in total. The quantitative estimate of drug-likeness (QED) is 0.00384. The van der Waals surface area contributed by atoms with Crippen molar-refractivity contribution in [2.75, 3.05) is 99.5 Å². The monoisotopic (exact) mass is 2020 g/mol. The molecule has 3 unspecified atom stereocenters. The first-order chi connectivity index (χ1) is 64.0. The van der Waals surface area contributed by atoms with Gasteiger partial charge in [0.25, 0.3) is 17.7 Å². The standard InChI is InChI=1S/C24H35N5O5SSi.C23H35N3O7Si.C17H21N3O6.C10H9BrO3.C10H11NO3.C10H10O3/c1-23(2,3)34-22(32)26-14-24(17-9-7-16(8-10-17)18-13-35-20(25)27-18)19(30)29(21(31)28-24)15-33-11-12-36(4,5)6;1-22(2,3)33-21(30)24-14-23(17-10-8-16(9-11-17)18(27)31-4)19(28)26(20(29)25-23)15-32-12-13-34(5,6)7;1-16(2,3)26-15(24)18-9-17(13(22)19-14(23)20-17)11-7-5-10(6-8-11)12(21)25-4;2*1-14-10(13)8-4-2-7(3-5-8)9(12)6-11;1-7(11)8-3-5-9(6-4-8)10(12)13-2/h7-10,13H,11-12,14-15H2,1-6H3,(H2,25,27)(H,26,32)(H,28,31);8-11H,12-15H2,1-7H3,(H,24,30)(H,25,29);5-8H,9H2,1-4H3,(H,18,24)(H2,19,20,22,23);2-5H,6H2,1H3;2-5H,6,11H2,1H3;3-6H,1-2H3. The fraction of sp³-hybridized carbons (Fsp3) is 0.404. The summed E-state index contributed by atoms with van der Waals surface area (Å²) in [4.78, 5) is 209. The number of hydrogen-bond acceptors (Lipinski definition) is 31. The molecule has 740 valence electrons. The number of alkyl carbamates (subject to hydrolysis) is 3. The maximum atomic E-state index is 13.6. The molecular weight excluding hydrogens is 1900 g/mol. The van der Waals surface area contributed by atoms with E-state index in [1.54, 1.807) is 147 Å². The molecule has 3 aliphatic rings. The molecule has 3 fully saturated rings. The highest BCUT2D eigenvalue weighted by Gasteiger charge is 2.55. The van der Waals surface area contributed by atoms with Crippen LogP contribution in [0.1, 0.15) is 169 Å². The van der Waals surface area contributed by atoms with Crippen LogP contribution < -0.4 is 48.7 Å². The topological polar surface area (TPSA) is 538 Å². The SMILES string of the molecule is CC(C)(C)OC(=O)NCC1(c2ccc(-c3csc(N)n3)cc2)NC(=O)N(COCC[Si](C)(C)C)C1=O.COC(=O)c1ccc(C(=O)CBr)cc1.COC(=O)c1ccc(C(=O)CN)cc1.COC(=O)c1ccc(C(C)=O)cc1.COC(=O)c1ccc(C2(CNC(=O)OC(C)(C)C)NC(=O)N(COCC[Si](C)(C)C)C2=O)cc1.COC(=O)c1ccc(C2(CNC(=O)OC(C)(C)C)NC(=O)NC2=O)cc1. The minimum atomic E-state index is -1.59. The van der Waals surface area contributed by atoms with E-state index in [1.807, 2.05) is 5.38 Å². The van der Waals surface area contributed by atoms with Gasteiger partial charge in [-0.3, -0.25) is 34.1 Å². The number of ketones is 3. The Bertz CT molecular complexity index is 5300. The van der Waals surface area contributed by atoms with Crippen molar-refractivity contribution in [1.82, 2.24) is 52.0 Å². The van der Waals surface area contributed by atoms with E-state index in [0.717, 1.165) is 27.5 Å². The summed E-state index contributed by atoms with van der Waals surface area (Å²) in [6, 6.07) is 37.8. The van der Waals surface area contributed by atoms with E-state index in [-0.39, 0.29) is 73.4 Å². The summed E-state index contributed by atoms with van der Waals surface area (Å²) in [5.41, 5.74) is 10.5. The summed E-state index contributed by atoms with van der Waals surface area (Å²) >= 11 is 4.40. The zero-order valence-electron chi connectivity index (χ0n) is 80.5. The summed E-state index contributed by atoms with van der Waals surface area (Å²) in [5, 5.41) is 20.5. The molecule has 0 saturated carbocycles. The molecule has 6 aromatic carbocycles. The lowest BCUT2D eigenvalue weighted by Gasteiger charge is -2.28. The van der Waals surface area contributed by atoms with Gasteiger partial charge < -0.3 is 90.7 Å². The zero-order valence-corrected chi connectivity index (χ0v) is 84.9. The van der Waals surface area contributed by atoms with Crippen LogP contribution in [-0.4, -0.2) is 243 Å². The average Bonchev–Trinajstić information content (AvgIpc) is 1.59. The number of carbonyl (C=O) groups excluding carboxylic acids is 17. The molecule has 7 aromatic rings. The summed E-state index contributed by atoms with van der Waals surface area (Å²) in [5.74, 6) is -4.17. The number of ether oxygens (including phenoxy) is 10. The Morgan fingerprint density at radius 2 is 0.723 bits per heavy atom. The highest BCUT2D eigenvalue weighted by Crippen LogP contribution is 2.34. The summed E-state index contributed by atoms with van der Waals surface area (Å²) in [6.07, 6.45) is -2.15. The number of Topliss-reactive ketones (excluding diaryl/α,β-unsaturated/α-hetero) is 3. The van der Waals surface area contributed by atoms with Gasteiger partial charge in [0.2, 0.25) is 0 Å². The van der Waals surface area contributed by atoms with Crippen LogP contribution in [0.4, 0.5) is 33.9 Å². The number of rotatable bonds is 30. The normalized spacial score (nSPS) is 15.9. The highest BCUT2D eigenvalue weighted by atomic mass is 79.9. The van der Waals surface area contributed by atoms with Gasteiger partial charge in [-0.15, -0.1) is 11.3 Å². The molecule has 0 aliphatic carbocycles. The molecule has 10 rings (SSSR count). The Hall–Kier alpha value is -13.5. The molecule has 137 heavy (non-hydrogen) atoms. The van der Waals surface area contributed by atoms with E-state index in [4.69, 9.17) is 39.9 Å². The molecule has 4 heterocycles. The van der Waals surface area contributed by atoms with E-state index in [9.17, 15) is 81.5 Å². The van der Waals surface area contributed by atoms with Crippen molar-refractivity contribution in [2.45, 2.75) is 154 Å². The van der Waals surface area contributed by atoms with Gasteiger partial charge in [-0.1, -0.05) is 140 Å². The molecule has 0 radical (unpaired) electrons. The second-order valence-corrected chi connectivity index (χ2v) is 48.6. The first-order valence-electron chi connectivity index (χ1n) is 42.5. The Morgan fingerprint density at radius 3 is 0.993 bits per heavy atom. The Balaban J connectivity index is 0.000000304. The number of benzene rings is 6. The number of nitrogens with two attached hydrogens (primary N) is 2. The van der Waals surface area contributed by atoms with Gasteiger partial charge in [-0.05, 0) is 159 Å². The lowest BCUT2D eigenvalue weighted by Crippen LogP contribution is -2.53. The predicted octanol–water partition coefficient (Wildman–Crippen LogP) is 12.4. The number of nitrogens with zero attached hydrogens (tertiary/aromatic N) is 3. The van der Waals surface area contributed by atoms with Crippen LogP contribution in [0.3, 0.4) is 0 Å². The number of alkyl halides is 1. The second-order valence-electron chi connectivity index (χ2n) is 35.9. The molecule has 0 spiro atoms. The van der Waals surface area contributed by atoms with E-state index in [2.05, 4.69) is 116 Å². The van der Waals surface area contributed by atoms with E-state index >= 15 is 0 Å². The number of imide groups is 3. The number of amides is 12. The van der Waals surface area contributed by atoms with E-state index in [0.29, 0.717) is 74.1 Å². The third-order valence-corrected chi connectivity index (χ3v) is 24.1.